The van der Waals surface area contributed by atoms with Crippen molar-refractivity contribution in [3.63, 3.8) is 0 Å². The van der Waals surface area contributed by atoms with E-state index < -0.39 is 0 Å². The van der Waals surface area contributed by atoms with Crippen molar-refractivity contribution in [1.82, 2.24) is 0 Å². The molecule has 0 bridgehead atoms. The molecule has 0 fully saturated rings. The molecule has 0 aliphatic carbocycles. The molecule has 1 aromatic rings. The van der Waals surface area contributed by atoms with E-state index in [9.17, 15) is 0 Å². The lowest BCUT2D eigenvalue weighted by Gasteiger charge is -2.30. The van der Waals surface area contributed by atoms with Gasteiger partial charge < -0.3 is 0 Å². The smallest absolute Gasteiger partial charge is 0.0885 e. The SMILES string of the molecule is CBC(CC)(CC)c1ccc(Cl)c(Cl)c1. The first kappa shape index (κ1) is 12.9. The second-order valence-corrected chi connectivity index (χ2v) is 4.78. The molecule has 15 heavy (non-hydrogen) atoms. The molecule has 0 aliphatic rings. The van der Waals surface area contributed by atoms with Gasteiger partial charge in [-0.25, -0.2) is 0 Å². The van der Waals surface area contributed by atoms with Crippen LogP contribution in [0.2, 0.25) is 16.9 Å². The van der Waals surface area contributed by atoms with Crippen LogP contribution in [0.3, 0.4) is 0 Å². The third-order valence-corrected chi connectivity index (χ3v) is 4.30. The van der Waals surface area contributed by atoms with Crippen LogP contribution in [-0.2, 0) is 5.31 Å². The Kier molecular flexibility index (Phi) is 4.54. The summed E-state index contributed by atoms with van der Waals surface area (Å²) in [5, 5.41) is 1.56. The Hall–Kier alpha value is -0.135. The molecule has 0 atom stereocenters. The summed E-state index contributed by atoms with van der Waals surface area (Å²) in [5.74, 6) is 0. The molecular weight excluding hydrogens is 226 g/mol. The van der Waals surface area contributed by atoms with Gasteiger partial charge in [0.1, 0.15) is 7.28 Å². The van der Waals surface area contributed by atoms with E-state index in [4.69, 9.17) is 23.2 Å². The quantitative estimate of drug-likeness (QED) is 0.683. The van der Waals surface area contributed by atoms with Crippen LogP contribution in [0.25, 0.3) is 0 Å². The third kappa shape index (κ3) is 2.51. The summed E-state index contributed by atoms with van der Waals surface area (Å²) in [5.41, 5.74) is 1.31. The highest BCUT2D eigenvalue weighted by Crippen LogP contribution is 2.34. The molecule has 0 radical (unpaired) electrons. The second-order valence-electron chi connectivity index (χ2n) is 3.97. The van der Waals surface area contributed by atoms with Crippen molar-refractivity contribution in [2.75, 3.05) is 0 Å². The molecule has 82 valence electrons. The van der Waals surface area contributed by atoms with Gasteiger partial charge >= 0.3 is 0 Å². The molecule has 0 saturated carbocycles. The number of hydrogen-bond donors (Lipinski definition) is 0. The van der Waals surface area contributed by atoms with Gasteiger partial charge in [-0.3, -0.25) is 0 Å². The van der Waals surface area contributed by atoms with Crippen molar-refractivity contribution in [2.45, 2.75) is 38.8 Å². The Bertz CT molecular complexity index is 324. The molecule has 1 rings (SSSR count). The van der Waals surface area contributed by atoms with E-state index in [1.165, 1.54) is 5.56 Å². The van der Waals surface area contributed by atoms with Crippen molar-refractivity contribution in [2.24, 2.45) is 0 Å². The fraction of sp³-hybridized carbons (Fsp3) is 0.500. The van der Waals surface area contributed by atoms with Crippen LogP contribution >= 0.6 is 23.2 Å². The minimum absolute atomic E-state index is 0.258. The number of halogens is 2. The molecule has 0 saturated heterocycles. The summed E-state index contributed by atoms with van der Waals surface area (Å²) in [7, 11) is 1.14. The molecule has 0 heterocycles. The van der Waals surface area contributed by atoms with Crippen LogP contribution in [0.1, 0.15) is 32.3 Å². The fourth-order valence-electron chi connectivity index (χ4n) is 2.19. The van der Waals surface area contributed by atoms with Gasteiger partial charge in [-0.1, -0.05) is 62.8 Å². The zero-order chi connectivity index (χ0) is 11.5. The first-order valence-corrected chi connectivity index (χ1v) is 6.30. The van der Waals surface area contributed by atoms with Crippen LogP contribution in [0.4, 0.5) is 0 Å². The molecule has 0 unspecified atom stereocenters. The first-order valence-electron chi connectivity index (χ1n) is 5.55. The zero-order valence-corrected chi connectivity index (χ0v) is 11.1. The Morgan fingerprint density at radius 2 is 1.73 bits per heavy atom. The Morgan fingerprint density at radius 3 is 2.13 bits per heavy atom. The summed E-state index contributed by atoms with van der Waals surface area (Å²) in [6, 6.07) is 6.01. The van der Waals surface area contributed by atoms with Crippen molar-refractivity contribution in [3.05, 3.63) is 33.8 Å². The molecule has 0 spiro atoms. The van der Waals surface area contributed by atoms with Gasteiger partial charge in [0.05, 0.1) is 10.0 Å². The van der Waals surface area contributed by atoms with E-state index in [0.717, 1.165) is 20.1 Å². The lowest BCUT2D eigenvalue weighted by Crippen LogP contribution is -2.30. The van der Waals surface area contributed by atoms with Gasteiger partial charge in [0, 0.05) is 0 Å². The summed E-state index contributed by atoms with van der Waals surface area (Å²) in [4.78, 5) is 0. The maximum Gasteiger partial charge on any atom is 0.130 e. The number of benzene rings is 1. The second kappa shape index (κ2) is 5.27. The van der Waals surface area contributed by atoms with E-state index in [2.05, 4.69) is 26.7 Å². The van der Waals surface area contributed by atoms with Crippen molar-refractivity contribution >= 4 is 30.5 Å². The van der Waals surface area contributed by atoms with Crippen LogP contribution in [0, 0.1) is 0 Å². The van der Waals surface area contributed by atoms with E-state index in [0.29, 0.717) is 10.0 Å². The summed E-state index contributed by atoms with van der Waals surface area (Å²) < 4.78 is 0. The van der Waals surface area contributed by atoms with Crippen LogP contribution < -0.4 is 0 Å². The van der Waals surface area contributed by atoms with Crippen molar-refractivity contribution in [3.8, 4) is 0 Å². The van der Waals surface area contributed by atoms with E-state index in [1.54, 1.807) is 0 Å². The molecule has 0 aromatic heterocycles. The highest BCUT2D eigenvalue weighted by atomic mass is 35.5. The van der Waals surface area contributed by atoms with E-state index in [1.807, 2.05) is 12.1 Å². The summed E-state index contributed by atoms with van der Waals surface area (Å²) in [6.45, 7) is 6.69. The van der Waals surface area contributed by atoms with Gasteiger partial charge in [-0.05, 0) is 23.0 Å². The van der Waals surface area contributed by atoms with Crippen LogP contribution in [0.5, 0.6) is 0 Å². The Labute approximate surface area is 103 Å². The van der Waals surface area contributed by atoms with Gasteiger partial charge in [0.2, 0.25) is 0 Å². The molecule has 0 amide bonds. The van der Waals surface area contributed by atoms with Gasteiger partial charge in [-0.2, -0.15) is 0 Å². The highest BCUT2D eigenvalue weighted by Gasteiger charge is 2.27. The first-order chi connectivity index (χ1) is 7.09. The average Bonchev–Trinajstić information content (AvgIpc) is 2.26. The largest absolute Gasteiger partial charge is 0.130 e. The molecule has 1 aromatic carbocycles. The summed E-state index contributed by atoms with van der Waals surface area (Å²) in [6.07, 6.45) is 2.27. The third-order valence-electron chi connectivity index (χ3n) is 3.56. The topological polar surface area (TPSA) is 0 Å². The number of rotatable bonds is 4. The Balaban J connectivity index is 3.17. The minimum atomic E-state index is 0.258. The standard InChI is InChI=1S/C12H17BCl2/c1-4-12(5-2,13-3)9-6-7-10(14)11(15)8-9/h6-8,13H,4-5H2,1-3H3. The number of hydrogen-bond acceptors (Lipinski definition) is 0. The van der Waals surface area contributed by atoms with Crippen LogP contribution in [-0.4, -0.2) is 7.28 Å². The monoisotopic (exact) mass is 242 g/mol. The predicted octanol–water partition coefficient (Wildman–Crippen LogP) is 4.49. The van der Waals surface area contributed by atoms with Gasteiger partial charge in [-0.15, -0.1) is 0 Å². The highest BCUT2D eigenvalue weighted by molar-refractivity contribution is 6.42. The molecule has 0 N–H and O–H groups in total. The summed E-state index contributed by atoms with van der Waals surface area (Å²) >= 11 is 12.0. The lowest BCUT2D eigenvalue weighted by atomic mass is 9.48. The van der Waals surface area contributed by atoms with E-state index in [-0.39, 0.29) is 5.31 Å². The molecule has 0 nitrogen and oxygen atoms in total. The maximum absolute atomic E-state index is 6.06. The van der Waals surface area contributed by atoms with Gasteiger partial charge in [0.25, 0.3) is 0 Å². The molecule has 3 heteroatoms. The normalized spacial score (nSPS) is 11.5. The van der Waals surface area contributed by atoms with E-state index >= 15 is 0 Å². The fourth-order valence-corrected chi connectivity index (χ4v) is 2.49. The van der Waals surface area contributed by atoms with Crippen LogP contribution in [0.15, 0.2) is 18.2 Å². The minimum Gasteiger partial charge on any atom is -0.0885 e. The Morgan fingerprint density at radius 1 is 1.13 bits per heavy atom. The van der Waals surface area contributed by atoms with Crippen molar-refractivity contribution in [1.29, 1.82) is 0 Å². The average molecular weight is 243 g/mol. The lowest BCUT2D eigenvalue weighted by molar-refractivity contribution is 0.557. The predicted molar refractivity (Wildman–Crippen MR) is 71.7 cm³/mol. The maximum atomic E-state index is 6.06. The van der Waals surface area contributed by atoms with Gasteiger partial charge in [0.15, 0.2) is 0 Å². The zero-order valence-electron chi connectivity index (χ0n) is 9.61. The van der Waals surface area contributed by atoms with Crippen molar-refractivity contribution < 1.29 is 0 Å². The molecular formula is C12H17BCl2. The molecule has 0 aliphatic heterocycles.